The minimum atomic E-state index is -0.273. The van der Waals surface area contributed by atoms with Gasteiger partial charge in [0.25, 0.3) is 5.56 Å². The van der Waals surface area contributed by atoms with Crippen molar-refractivity contribution in [2.45, 2.75) is 33.2 Å². The molecule has 0 amide bonds. The Morgan fingerprint density at radius 2 is 2.19 bits per heavy atom. The normalized spacial score (nSPS) is 12.9. The lowest BCUT2D eigenvalue weighted by Crippen LogP contribution is -2.27. The SMILES string of the molecule is CCC(Nc1cnn(C)c(=O)c1Cl)C(C)C. The van der Waals surface area contributed by atoms with E-state index in [-0.39, 0.29) is 10.6 Å². The zero-order chi connectivity index (χ0) is 12.3. The van der Waals surface area contributed by atoms with Crippen molar-refractivity contribution in [1.29, 1.82) is 0 Å². The van der Waals surface area contributed by atoms with Gasteiger partial charge >= 0.3 is 0 Å². The van der Waals surface area contributed by atoms with Crippen molar-refractivity contribution in [3.8, 4) is 0 Å². The van der Waals surface area contributed by atoms with Crippen LogP contribution in [0.4, 0.5) is 5.69 Å². The molecule has 0 saturated carbocycles. The molecule has 1 N–H and O–H groups in total. The molecule has 0 aliphatic heterocycles. The average molecular weight is 244 g/mol. The van der Waals surface area contributed by atoms with E-state index in [9.17, 15) is 4.79 Å². The summed E-state index contributed by atoms with van der Waals surface area (Å²) in [6, 6.07) is 0.298. The fourth-order valence-corrected chi connectivity index (χ4v) is 1.78. The van der Waals surface area contributed by atoms with Gasteiger partial charge in [0.15, 0.2) is 0 Å². The molecule has 1 aromatic rings. The van der Waals surface area contributed by atoms with Crippen molar-refractivity contribution >= 4 is 17.3 Å². The molecule has 0 aliphatic rings. The molecular formula is C11H18ClN3O. The summed E-state index contributed by atoms with van der Waals surface area (Å²) >= 11 is 5.97. The van der Waals surface area contributed by atoms with Crippen LogP contribution in [0.3, 0.4) is 0 Å². The van der Waals surface area contributed by atoms with Gasteiger partial charge in [-0.1, -0.05) is 32.4 Å². The fourth-order valence-electron chi connectivity index (χ4n) is 1.55. The number of nitrogens with one attached hydrogen (secondary N) is 1. The zero-order valence-corrected chi connectivity index (χ0v) is 10.9. The van der Waals surface area contributed by atoms with E-state index in [1.807, 2.05) is 0 Å². The first-order valence-corrected chi connectivity index (χ1v) is 5.83. The molecule has 0 aromatic carbocycles. The van der Waals surface area contributed by atoms with Crippen LogP contribution in [-0.2, 0) is 7.05 Å². The van der Waals surface area contributed by atoms with Crippen LogP contribution in [0.25, 0.3) is 0 Å². The molecule has 0 radical (unpaired) electrons. The van der Waals surface area contributed by atoms with Gasteiger partial charge in [-0.2, -0.15) is 5.10 Å². The molecule has 1 aromatic heterocycles. The summed E-state index contributed by atoms with van der Waals surface area (Å²) in [4.78, 5) is 11.6. The summed E-state index contributed by atoms with van der Waals surface area (Å²) in [7, 11) is 1.58. The molecule has 1 unspecified atom stereocenters. The molecule has 1 atom stereocenters. The van der Waals surface area contributed by atoms with E-state index >= 15 is 0 Å². The molecule has 90 valence electrons. The smallest absolute Gasteiger partial charge is 0.287 e. The number of hydrogen-bond donors (Lipinski definition) is 1. The van der Waals surface area contributed by atoms with Gasteiger partial charge in [0, 0.05) is 13.1 Å². The Bertz CT molecular complexity index is 414. The van der Waals surface area contributed by atoms with Crippen molar-refractivity contribution in [3.63, 3.8) is 0 Å². The van der Waals surface area contributed by atoms with Crippen LogP contribution in [0.5, 0.6) is 0 Å². The zero-order valence-electron chi connectivity index (χ0n) is 10.1. The maximum Gasteiger partial charge on any atom is 0.287 e. The predicted octanol–water partition coefficient (Wildman–Crippen LogP) is 2.28. The van der Waals surface area contributed by atoms with Gasteiger partial charge in [-0.25, -0.2) is 4.68 Å². The molecule has 0 aliphatic carbocycles. The van der Waals surface area contributed by atoms with E-state index in [2.05, 4.69) is 31.2 Å². The van der Waals surface area contributed by atoms with Crippen LogP contribution in [0, 0.1) is 5.92 Å². The molecule has 0 bridgehead atoms. The van der Waals surface area contributed by atoms with Crippen molar-refractivity contribution < 1.29 is 0 Å². The van der Waals surface area contributed by atoms with Crippen LogP contribution in [0.2, 0.25) is 5.02 Å². The standard InChI is InChI=1S/C11H18ClN3O/c1-5-8(7(2)3)14-9-6-13-15(4)11(16)10(9)12/h6-8,14H,5H2,1-4H3. The Morgan fingerprint density at radius 1 is 1.56 bits per heavy atom. The number of aromatic nitrogens is 2. The molecule has 0 spiro atoms. The number of hydrogen-bond acceptors (Lipinski definition) is 3. The lowest BCUT2D eigenvalue weighted by atomic mass is 10.0. The van der Waals surface area contributed by atoms with E-state index in [0.29, 0.717) is 17.6 Å². The highest BCUT2D eigenvalue weighted by Crippen LogP contribution is 2.19. The highest BCUT2D eigenvalue weighted by molar-refractivity contribution is 6.32. The summed E-state index contributed by atoms with van der Waals surface area (Å²) in [5, 5.41) is 7.41. The maximum absolute atomic E-state index is 11.6. The van der Waals surface area contributed by atoms with Gasteiger partial charge in [0.1, 0.15) is 5.02 Å². The van der Waals surface area contributed by atoms with Gasteiger partial charge in [-0.3, -0.25) is 4.79 Å². The molecule has 1 rings (SSSR count). The van der Waals surface area contributed by atoms with Gasteiger partial charge in [-0.15, -0.1) is 0 Å². The highest BCUT2D eigenvalue weighted by atomic mass is 35.5. The molecular weight excluding hydrogens is 226 g/mol. The monoisotopic (exact) mass is 243 g/mol. The molecule has 0 saturated heterocycles. The summed E-state index contributed by atoms with van der Waals surface area (Å²) in [5.41, 5.74) is 0.343. The predicted molar refractivity (Wildman–Crippen MR) is 67.0 cm³/mol. The van der Waals surface area contributed by atoms with Gasteiger partial charge in [-0.05, 0) is 12.3 Å². The summed E-state index contributed by atoms with van der Waals surface area (Å²) in [5.74, 6) is 0.477. The van der Waals surface area contributed by atoms with Crippen LogP contribution in [0.1, 0.15) is 27.2 Å². The first-order valence-electron chi connectivity index (χ1n) is 5.45. The number of nitrogens with zero attached hydrogens (tertiary/aromatic N) is 2. The summed E-state index contributed by atoms with van der Waals surface area (Å²) in [6.45, 7) is 6.35. The van der Waals surface area contributed by atoms with E-state index in [1.165, 1.54) is 4.68 Å². The number of anilines is 1. The van der Waals surface area contributed by atoms with E-state index in [0.717, 1.165) is 6.42 Å². The van der Waals surface area contributed by atoms with Crippen LogP contribution >= 0.6 is 11.6 Å². The van der Waals surface area contributed by atoms with Crippen LogP contribution in [0.15, 0.2) is 11.0 Å². The molecule has 5 heteroatoms. The second-order valence-corrected chi connectivity index (χ2v) is 4.58. The Labute approximate surface area is 101 Å². The Morgan fingerprint density at radius 3 is 2.69 bits per heavy atom. The molecule has 16 heavy (non-hydrogen) atoms. The quantitative estimate of drug-likeness (QED) is 0.883. The molecule has 1 heterocycles. The maximum atomic E-state index is 11.6. The van der Waals surface area contributed by atoms with Gasteiger partial charge in [0.05, 0.1) is 11.9 Å². The van der Waals surface area contributed by atoms with Crippen molar-refractivity contribution in [2.75, 3.05) is 5.32 Å². The fraction of sp³-hybridized carbons (Fsp3) is 0.636. The minimum Gasteiger partial charge on any atom is -0.379 e. The molecule has 0 fully saturated rings. The second-order valence-electron chi connectivity index (χ2n) is 4.20. The lowest BCUT2D eigenvalue weighted by molar-refractivity contribution is 0.510. The van der Waals surface area contributed by atoms with Crippen molar-refractivity contribution in [3.05, 3.63) is 21.6 Å². The average Bonchev–Trinajstić information content (AvgIpc) is 2.25. The Hall–Kier alpha value is -1.03. The van der Waals surface area contributed by atoms with E-state index in [4.69, 9.17) is 11.6 Å². The number of aryl methyl sites for hydroxylation is 1. The highest BCUT2D eigenvalue weighted by Gasteiger charge is 2.14. The summed E-state index contributed by atoms with van der Waals surface area (Å²) < 4.78 is 1.23. The van der Waals surface area contributed by atoms with Gasteiger partial charge in [0.2, 0.25) is 0 Å². The number of rotatable bonds is 4. The van der Waals surface area contributed by atoms with Crippen molar-refractivity contribution in [1.82, 2.24) is 9.78 Å². The lowest BCUT2D eigenvalue weighted by Gasteiger charge is -2.22. The Kier molecular flexibility index (Phi) is 4.35. The number of halogens is 1. The third kappa shape index (κ3) is 2.76. The van der Waals surface area contributed by atoms with Crippen molar-refractivity contribution in [2.24, 2.45) is 13.0 Å². The minimum absolute atomic E-state index is 0.205. The van der Waals surface area contributed by atoms with Crippen LogP contribution in [-0.4, -0.2) is 15.8 Å². The first-order chi connectivity index (χ1) is 7.47. The first kappa shape index (κ1) is 13.0. The summed E-state index contributed by atoms with van der Waals surface area (Å²) in [6.07, 6.45) is 2.57. The van der Waals surface area contributed by atoms with E-state index in [1.54, 1.807) is 13.2 Å². The third-order valence-corrected chi connectivity index (χ3v) is 3.03. The topological polar surface area (TPSA) is 46.9 Å². The third-order valence-electron chi connectivity index (χ3n) is 2.66. The molecule has 4 nitrogen and oxygen atoms in total. The van der Waals surface area contributed by atoms with Gasteiger partial charge < -0.3 is 5.32 Å². The van der Waals surface area contributed by atoms with Crippen LogP contribution < -0.4 is 10.9 Å². The largest absolute Gasteiger partial charge is 0.379 e. The van der Waals surface area contributed by atoms with E-state index < -0.39 is 0 Å². The second kappa shape index (κ2) is 5.34. The Balaban J connectivity index is 2.98.